The Morgan fingerprint density at radius 3 is 2.52 bits per heavy atom. The lowest BCUT2D eigenvalue weighted by Gasteiger charge is -2.62. The van der Waals surface area contributed by atoms with E-state index >= 15 is 0 Å². The second-order valence-electron chi connectivity index (χ2n) is 8.54. The van der Waals surface area contributed by atoms with Crippen molar-refractivity contribution in [2.45, 2.75) is 64.3 Å². The summed E-state index contributed by atoms with van der Waals surface area (Å²) in [5, 5.41) is 0. The summed E-state index contributed by atoms with van der Waals surface area (Å²) in [6.45, 7) is 4.45. The fourth-order valence-electron chi connectivity index (χ4n) is 6.63. The van der Waals surface area contributed by atoms with Crippen molar-refractivity contribution in [3.05, 3.63) is 35.4 Å². The van der Waals surface area contributed by atoms with Crippen LogP contribution in [0.25, 0.3) is 0 Å². The molecule has 2 N–H and O–H groups in total. The summed E-state index contributed by atoms with van der Waals surface area (Å²) < 4.78 is 0. The van der Waals surface area contributed by atoms with Crippen molar-refractivity contribution >= 4 is 0 Å². The molecule has 4 aliphatic rings. The third kappa shape index (κ3) is 2.25. The fraction of sp³-hybridized carbons (Fsp3) is 0.700. The summed E-state index contributed by atoms with van der Waals surface area (Å²) in [6.07, 6.45) is 8.60. The maximum absolute atomic E-state index is 6.28. The Balaban J connectivity index is 1.76. The van der Waals surface area contributed by atoms with E-state index < -0.39 is 0 Å². The first-order valence-corrected chi connectivity index (χ1v) is 8.88. The van der Waals surface area contributed by atoms with Crippen molar-refractivity contribution in [2.24, 2.45) is 28.9 Å². The summed E-state index contributed by atoms with van der Waals surface area (Å²) in [7, 11) is 0. The number of aryl methyl sites for hydroxylation is 1. The summed E-state index contributed by atoms with van der Waals surface area (Å²) >= 11 is 0. The van der Waals surface area contributed by atoms with Crippen LogP contribution in [-0.4, -0.2) is 6.04 Å². The van der Waals surface area contributed by atoms with Gasteiger partial charge in [0, 0.05) is 6.04 Å². The van der Waals surface area contributed by atoms with E-state index in [9.17, 15) is 0 Å². The first-order valence-electron chi connectivity index (χ1n) is 8.88. The molecule has 4 aliphatic carbocycles. The van der Waals surface area contributed by atoms with Crippen LogP contribution >= 0.6 is 0 Å². The molecule has 1 aromatic carbocycles. The molecule has 1 heteroatoms. The van der Waals surface area contributed by atoms with Crippen molar-refractivity contribution in [2.75, 3.05) is 0 Å². The Morgan fingerprint density at radius 1 is 1.19 bits per heavy atom. The monoisotopic (exact) mass is 283 g/mol. The maximum Gasteiger partial charge on any atom is 0.00159 e. The van der Waals surface area contributed by atoms with Crippen LogP contribution in [0.5, 0.6) is 0 Å². The summed E-state index contributed by atoms with van der Waals surface area (Å²) in [6, 6.07) is 9.68. The molecule has 0 spiro atoms. The van der Waals surface area contributed by atoms with Crippen LogP contribution in [0.4, 0.5) is 0 Å². The summed E-state index contributed by atoms with van der Waals surface area (Å²) in [5.74, 6) is 3.71. The van der Waals surface area contributed by atoms with Crippen LogP contribution in [0, 0.1) is 30.1 Å². The Morgan fingerprint density at radius 2 is 1.90 bits per heavy atom. The first kappa shape index (κ1) is 13.8. The Kier molecular flexibility index (Phi) is 3.19. The molecule has 114 valence electrons. The van der Waals surface area contributed by atoms with E-state index in [0.29, 0.717) is 11.5 Å². The SMILES string of the molecule is Cc1cccc(C2C3CC4CC(C3)CC2(CC(C)N)C4)c1. The van der Waals surface area contributed by atoms with Crippen molar-refractivity contribution < 1.29 is 0 Å². The molecule has 0 aliphatic heterocycles. The smallest absolute Gasteiger partial charge is 0.00159 e. The summed E-state index contributed by atoms with van der Waals surface area (Å²) in [4.78, 5) is 0. The third-order valence-corrected chi connectivity index (χ3v) is 6.59. The predicted octanol–water partition coefficient (Wildman–Crippen LogP) is 4.64. The molecule has 4 fully saturated rings. The predicted molar refractivity (Wildman–Crippen MR) is 88.2 cm³/mol. The van der Waals surface area contributed by atoms with Gasteiger partial charge in [-0.05, 0) is 87.0 Å². The van der Waals surface area contributed by atoms with Crippen molar-refractivity contribution in [3.8, 4) is 0 Å². The molecule has 0 heterocycles. The molecule has 4 unspecified atom stereocenters. The molecule has 0 saturated heterocycles. The highest BCUT2D eigenvalue weighted by molar-refractivity contribution is 5.30. The molecule has 4 bridgehead atoms. The standard InChI is InChI=1S/C20H29N/c1-13-4-3-5-17(6-13)19-18-8-15-7-16(9-18)12-20(19,11-15)10-14(2)21/h3-6,14-16,18-19H,7-12,21H2,1-2H3. The van der Waals surface area contributed by atoms with E-state index in [4.69, 9.17) is 5.73 Å². The van der Waals surface area contributed by atoms with Crippen molar-refractivity contribution in [1.29, 1.82) is 0 Å². The minimum atomic E-state index is 0.341. The zero-order valence-corrected chi connectivity index (χ0v) is 13.5. The van der Waals surface area contributed by atoms with Crippen LogP contribution in [0.3, 0.4) is 0 Å². The molecule has 4 saturated carbocycles. The van der Waals surface area contributed by atoms with Gasteiger partial charge in [-0.15, -0.1) is 0 Å². The van der Waals surface area contributed by atoms with Gasteiger partial charge in [0.15, 0.2) is 0 Å². The Labute approximate surface area is 129 Å². The molecule has 21 heavy (non-hydrogen) atoms. The number of hydrogen-bond donors (Lipinski definition) is 1. The lowest BCUT2D eigenvalue weighted by Crippen LogP contribution is -2.52. The van der Waals surface area contributed by atoms with Crippen LogP contribution in [0.2, 0.25) is 0 Å². The van der Waals surface area contributed by atoms with Crippen LogP contribution in [0.1, 0.15) is 62.5 Å². The highest BCUT2D eigenvalue weighted by Crippen LogP contribution is 2.67. The van der Waals surface area contributed by atoms with E-state index in [1.165, 1.54) is 44.1 Å². The largest absolute Gasteiger partial charge is 0.328 e. The van der Waals surface area contributed by atoms with E-state index in [1.807, 2.05) is 0 Å². The first-order chi connectivity index (χ1) is 10.1. The molecular weight excluding hydrogens is 254 g/mol. The lowest BCUT2D eigenvalue weighted by molar-refractivity contribution is -0.0823. The number of rotatable bonds is 3. The van der Waals surface area contributed by atoms with Gasteiger partial charge >= 0.3 is 0 Å². The zero-order chi connectivity index (χ0) is 14.6. The van der Waals surface area contributed by atoms with Crippen LogP contribution < -0.4 is 5.73 Å². The van der Waals surface area contributed by atoms with Gasteiger partial charge < -0.3 is 5.73 Å². The minimum Gasteiger partial charge on any atom is -0.328 e. The second-order valence-corrected chi connectivity index (χ2v) is 8.54. The molecule has 5 rings (SSSR count). The fourth-order valence-corrected chi connectivity index (χ4v) is 6.63. The van der Waals surface area contributed by atoms with Gasteiger partial charge in [-0.3, -0.25) is 0 Å². The van der Waals surface area contributed by atoms with Gasteiger partial charge in [-0.1, -0.05) is 29.8 Å². The van der Waals surface area contributed by atoms with E-state index in [0.717, 1.165) is 23.7 Å². The lowest BCUT2D eigenvalue weighted by atomic mass is 9.43. The Bertz CT molecular complexity index is 513. The van der Waals surface area contributed by atoms with E-state index in [-0.39, 0.29) is 0 Å². The topological polar surface area (TPSA) is 26.0 Å². The molecule has 4 atom stereocenters. The Hall–Kier alpha value is -0.820. The normalized spacial score (nSPS) is 42.2. The van der Waals surface area contributed by atoms with E-state index in [2.05, 4.69) is 38.1 Å². The quantitative estimate of drug-likeness (QED) is 0.859. The van der Waals surface area contributed by atoms with Gasteiger partial charge in [0.05, 0.1) is 0 Å². The van der Waals surface area contributed by atoms with Gasteiger partial charge in [0.2, 0.25) is 0 Å². The van der Waals surface area contributed by atoms with Gasteiger partial charge in [0.1, 0.15) is 0 Å². The third-order valence-electron chi connectivity index (χ3n) is 6.59. The average Bonchev–Trinajstić information content (AvgIpc) is 2.35. The molecule has 1 nitrogen and oxygen atoms in total. The van der Waals surface area contributed by atoms with Crippen LogP contribution in [-0.2, 0) is 0 Å². The molecule has 0 amide bonds. The maximum atomic E-state index is 6.28. The molecule has 0 aromatic heterocycles. The van der Waals surface area contributed by atoms with Gasteiger partial charge in [-0.25, -0.2) is 0 Å². The molecule has 1 aromatic rings. The highest BCUT2D eigenvalue weighted by atomic mass is 14.7. The number of hydrogen-bond acceptors (Lipinski definition) is 1. The average molecular weight is 283 g/mol. The van der Waals surface area contributed by atoms with Crippen molar-refractivity contribution in [3.63, 3.8) is 0 Å². The summed E-state index contributed by atoms with van der Waals surface area (Å²) in [5.41, 5.74) is 9.82. The van der Waals surface area contributed by atoms with Crippen molar-refractivity contribution in [1.82, 2.24) is 0 Å². The van der Waals surface area contributed by atoms with Crippen LogP contribution in [0.15, 0.2) is 24.3 Å². The second kappa shape index (κ2) is 4.84. The van der Waals surface area contributed by atoms with E-state index in [1.54, 1.807) is 5.56 Å². The highest BCUT2D eigenvalue weighted by Gasteiger charge is 2.57. The van der Waals surface area contributed by atoms with Gasteiger partial charge in [0.25, 0.3) is 0 Å². The molecular formula is C20H29N. The van der Waals surface area contributed by atoms with Gasteiger partial charge in [-0.2, -0.15) is 0 Å². The number of benzene rings is 1. The number of nitrogens with two attached hydrogens (primary N) is 1. The minimum absolute atomic E-state index is 0.341. The zero-order valence-electron chi connectivity index (χ0n) is 13.5. The molecule has 0 radical (unpaired) electrons.